The summed E-state index contributed by atoms with van der Waals surface area (Å²) in [6.45, 7) is 6.15. The number of anilines is 2. The van der Waals surface area contributed by atoms with Crippen molar-refractivity contribution in [1.82, 2.24) is 9.97 Å². The Balaban J connectivity index is 2.11. The van der Waals surface area contributed by atoms with Crippen molar-refractivity contribution in [3.63, 3.8) is 0 Å². The number of ether oxygens (including phenoxy) is 1. The molecule has 0 aliphatic rings. The molecule has 1 heterocycles. The second-order valence-electron chi connectivity index (χ2n) is 5.51. The number of rotatable bonds is 4. The number of nitrogens with one attached hydrogen (secondary N) is 1. The van der Waals surface area contributed by atoms with Crippen LogP contribution >= 0.6 is 0 Å². The van der Waals surface area contributed by atoms with Gasteiger partial charge in [-0.15, -0.1) is 0 Å². The SMILES string of the molecule is CCOC(=O)c1nc(Nc2cccc(C)c2C)c2ccccc2n1. The Morgan fingerprint density at radius 2 is 1.88 bits per heavy atom. The molecule has 0 bridgehead atoms. The number of esters is 1. The van der Waals surface area contributed by atoms with Crippen molar-refractivity contribution >= 4 is 28.4 Å². The van der Waals surface area contributed by atoms with Gasteiger partial charge in [0.25, 0.3) is 0 Å². The van der Waals surface area contributed by atoms with Gasteiger partial charge in [0.15, 0.2) is 0 Å². The van der Waals surface area contributed by atoms with E-state index in [0.29, 0.717) is 11.3 Å². The number of fused-ring (bicyclic) bond motifs is 1. The Hall–Kier alpha value is -2.95. The molecule has 0 unspecified atom stereocenters. The Labute approximate surface area is 140 Å². The third kappa shape index (κ3) is 3.06. The maximum atomic E-state index is 12.0. The number of carbonyl (C=O) groups is 1. The van der Waals surface area contributed by atoms with E-state index in [9.17, 15) is 4.79 Å². The van der Waals surface area contributed by atoms with Crippen LogP contribution in [0.2, 0.25) is 0 Å². The lowest BCUT2D eigenvalue weighted by atomic mass is 10.1. The second-order valence-corrected chi connectivity index (χ2v) is 5.51. The molecule has 3 rings (SSSR count). The van der Waals surface area contributed by atoms with Gasteiger partial charge in [0.1, 0.15) is 5.82 Å². The highest BCUT2D eigenvalue weighted by Crippen LogP contribution is 2.27. The minimum atomic E-state index is -0.521. The highest BCUT2D eigenvalue weighted by atomic mass is 16.5. The van der Waals surface area contributed by atoms with Gasteiger partial charge >= 0.3 is 5.97 Å². The molecule has 122 valence electrons. The standard InChI is InChI=1S/C19H19N3O2/c1-4-24-19(23)18-21-16-10-6-5-9-14(16)17(22-18)20-15-11-7-8-12(2)13(15)3/h5-11H,4H2,1-3H3,(H,20,21,22). The number of hydrogen-bond acceptors (Lipinski definition) is 5. The van der Waals surface area contributed by atoms with Gasteiger partial charge in [-0.05, 0) is 50.1 Å². The fourth-order valence-corrected chi connectivity index (χ4v) is 2.47. The maximum absolute atomic E-state index is 12.0. The van der Waals surface area contributed by atoms with Crippen molar-refractivity contribution in [1.29, 1.82) is 0 Å². The quantitative estimate of drug-likeness (QED) is 0.731. The summed E-state index contributed by atoms with van der Waals surface area (Å²) >= 11 is 0. The van der Waals surface area contributed by atoms with Gasteiger partial charge in [-0.2, -0.15) is 0 Å². The smallest absolute Gasteiger partial charge is 0.376 e. The van der Waals surface area contributed by atoms with Gasteiger partial charge in [-0.1, -0.05) is 24.3 Å². The van der Waals surface area contributed by atoms with E-state index < -0.39 is 5.97 Å². The van der Waals surface area contributed by atoms with Crippen molar-refractivity contribution in [2.75, 3.05) is 11.9 Å². The second kappa shape index (κ2) is 6.66. The van der Waals surface area contributed by atoms with Gasteiger partial charge in [0.2, 0.25) is 5.82 Å². The first-order chi connectivity index (χ1) is 11.6. The topological polar surface area (TPSA) is 64.1 Å². The van der Waals surface area contributed by atoms with E-state index in [1.165, 1.54) is 5.56 Å². The molecule has 0 spiro atoms. The molecule has 0 aliphatic carbocycles. The predicted molar refractivity (Wildman–Crippen MR) is 94.7 cm³/mol. The summed E-state index contributed by atoms with van der Waals surface area (Å²) in [5.41, 5.74) is 3.97. The number of carbonyl (C=O) groups excluding carboxylic acids is 1. The van der Waals surface area contributed by atoms with Gasteiger partial charge < -0.3 is 10.1 Å². The molecule has 5 nitrogen and oxygen atoms in total. The lowest BCUT2D eigenvalue weighted by Gasteiger charge is -2.13. The maximum Gasteiger partial charge on any atom is 0.376 e. The fraction of sp³-hybridized carbons (Fsp3) is 0.211. The van der Waals surface area contributed by atoms with Crippen LogP contribution in [0.4, 0.5) is 11.5 Å². The summed E-state index contributed by atoms with van der Waals surface area (Å²) in [4.78, 5) is 20.7. The summed E-state index contributed by atoms with van der Waals surface area (Å²) in [6, 6.07) is 13.6. The largest absolute Gasteiger partial charge is 0.460 e. The minimum absolute atomic E-state index is 0.0587. The molecule has 24 heavy (non-hydrogen) atoms. The molecule has 1 N–H and O–H groups in total. The summed E-state index contributed by atoms with van der Waals surface area (Å²) in [5.74, 6) is 0.132. The van der Waals surface area contributed by atoms with Crippen molar-refractivity contribution in [2.45, 2.75) is 20.8 Å². The number of para-hydroxylation sites is 1. The monoisotopic (exact) mass is 321 g/mol. The Morgan fingerprint density at radius 3 is 2.67 bits per heavy atom. The molecule has 0 saturated heterocycles. The molecule has 3 aromatic rings. The molecule has 0 amide bonds. The molecular formula is C19H19N3O2. The average Bonchev–Trinajstić information content (AvgIpc) is 2.59. The van der Waals surface area contributed by atoms with Crippen LogP contribution in [0.1, 0.15) is 28.7 Å². The first-order valence-corrected chi connectivity index (χ1v) is 7.87. The summed E-state index contributed by atoms with van der Waals surface area (Å²) in [5, 5.41) is 4.19. The first-order valence-electron chi connectivity index (χ1n) is 7.87. The number of aromatic nitrogens is 2. The zero-order valence-corrected chi connectivity index (χ0v) is 14.0. The Kier molecular flexibility index (Phi) is 4.42. The molecule has 0 atom stereocenters. The van der Waals surface area contributed by atoms with E-state index in [-0.39, 0.29) is 12.4 Å². The number of nitrogens with zero attached hydrogens (tertiary/aromatic N) is 2. The van der Waals surface area contributed by atoms with Crippen LogP contribution in [0.5, 0.6) is 0 Å². The van der Waals surface area contributed by atoms with Crippen molar-refractivity contribution < 1.29 is 9.53 Å². The van der Waals surface area contributed by atoms with Crippen LogP contribution in [0.25, 0.3) is 10.9 Å². The van der Waals surface area contributed by atoms with Crippen LogP contribution in [0, 0.1) is 13.8 Å². The van der Waals surface area contributed by atoms with Gasteiger partial charge in [-0.25, -0.2) is 14.8 Å². The first kappa shape index (κ1) is 15.9. The van der Waals surface area contributed by atoms with E-state index in [4.69, 9.17) is 4.74 Å². The summed E-state index contributed by atoms with van der Waals surface area (Å²) < 4.78 is 5.03. The molecule has 0 fully saturated rings. The number of aryl methyl sites for hydroxylation is 1. The zero-order chi connectivity index (χ0) is 17.1. The highest BCUT2D eigenvalue weighted by molar-refractivity contribution is 5.95. The Morgan fingerprint density at radius 1 is 1.08 bits per heavy atom. The van der Waals surface area contributed by atoms with E-state index in [2.05, 4.69) is 28.3 Å². The summed E-state index contributed by atoms with van der Waals surface area (Å²) in [7, 11) is 0. The van der Waals surface area contributed by atoms with E-state index in [1.807, 2.05) is 43.3 Å². The Bertz CT molecular complexity index is 906. The van der Waals surface area contributed by atoms with E-state index in [1.54, 1.807) is 6.92 Å². The average molecular weight is 321 g/mol. The van der Waals surface area contributed by atoms with Crippen LogP contribution in [0.15, 0.2) is 42.5 Å². The fourth-order valence-electron chi connectivity index (χ4n) is 2.47. The lowest BCUT2D eigenvalue weighted by molar-refractivity contribution is 0.0512. The lowest BCUT2D eigenvalue weighted by Crippen LogP contribution is -2.11. The molecule has 0 radical (unpaired) electrons. The predicted octanol–water partition coefficient (Wildman–Crippen LogP) is 4.17. The molecule has 0 aliphatic heterocycles. The highest BCUT2D eigenvalue weighted by Gasteiger charge is 2.15. The molecule has 2 aromatic carbocycles. The number of benzene rings is 2. The third-order valence-electron chi connectivity index (χ3n) is 3.92. The van der Waals surface area contributed by atoms with E-state index in [0.717, 1.165) is 16.6 Å². The summed E-state index contributed by atoms with van der Waals surface area (Å²) in [6.07, 6.45) is 0. The molecule has 1 aromatic heterocycles. The van der Waals surface area contributed by atoms with Crippen LogP contribution in [-0.2, 0) is 4.74 Å². The molecule has 0 saturated carbocycles. The van der Waals surface area contributed by atoms with Crippen LogP contribution < -0.4 is 5.32 Å². The van der Waals surface area contributed by atoms with E-state index >= 15 is 0 Å². The normalized spacial score (nSPS) is 10.6. The minimum Gasteiger partial charge on any atom is -0.460 e. The zero-order valence-electron chi connectivity index (χ0n) is 14.0. The van der Waals surface area contributed by atoms with Crippen LogP contribution in [0.3, 0.4) is 0 Å². The van der Waals surface area contributed by atoms with Crippen LogP contribution in [-0.4, -0.2) is 22.5 Å². The van der Waals surface area contributed by atoms with Gasteiger partial charge in [0.05, 0.1) is 12.1 Å². The van der Waals surface area contributed by atoms with Crippen molar-refractivity contribution in [3.8, 4) is 0 Å². The van der Waals surface area contributed by atoms with Gasteiger partial charge in [-0.3, -0.25) is 0 Å². The molecular weight excluding hydrogens is 302 g/mol. The third-order valence-corrected chi connectivity index (χ3v) is 3.92. The molecule has 5 heteroatoms. The number of hydrogen-bond donors (Lipinski definition) is 1. The van der Waals surface area contributed by atoms with Crippen molar-refractivity contribution in [3.05, 3.63) is 59.4 Å². The van der Waals surface area contributed by atoms with Gasteiger partial charge in [0, 0.05) is 11.1 Å². The van der Waals surface area contributed by atoms with Crippen molar-refractivity contribution in [2.24, 2.45) is 0 Å².